The highest BCUT2D eigenvalue weighted by Gasteiger charge is 2.32. The van der Waals surface area contributed by atoms with Crippen LogP contribution in [0.5, 0.6) is 0 Å². The van der Waals surface area contributed by atoms with E-state index in [1.165, 1.54) is 19.3 Å². The minimum atomic E-state index is -0.644. The molecular weight excluding hydrogens is 214 g/mol. The number of carbonyl (C=O) groups is 1. The number of nitrogens with one attached hydrogen (secondary N) is 1. The van der Waals surface area contributed by atoms with E-state index in [1.54, 1.807) is 0 Å². The van der Waals surface area contributed by atoms with Crippen molar-refractivity contribution in [1.82, 2.24) is 10.2 Å². The fourth-order valence-electron chi connectivity index (χ4n) is 2.08. The third kappa shape index (κ3) is 6.64. The number of rotatable bonds is 9. The van der Waals surface area contributed by atoms with Gasteiger partial charge >= 0.3 is 0 Å². The Labute approximate surface area is 106 Å². The summed E-state index contributed by atoms with van der Waals surface area (Å²) < 4.78 is 0. The summed E-state index contributed by atoms with van der Waals surface area (Å²) in [5.74, 6) is -0.284. The molecule has 0 aromatic heterocycles. The van der Waals surface area contributed by atoms with Gasteiger partial charge in [-0.25, -0.2) is 0 Å². The normalized spacial score (nSPS) is 15.2. The van der Waals surface area contributed by atoms with Gasteiger partial charge in [-0.05, 0) is 40.8 Å². The van der Waals surface area contributed by atoms with E-state index in [4.69, 9.17) is 5.73 Å². The van der Waals surface area contributed by atoms with Crippen LogP contribution in [0.15, 0.2) is 0 Å². The zero-order valence-electron chi connectivity index (χ0n) is 12.0. The maximum absolute atomic E-state index is 11.6. The second kappa shape index (κ2) is 7.67. The predicted molar refractivity (Wildman–Crippen MR) is 72.9 cm³/mol. The van der Waals surface area contributed by atoms with E-state index >= 15 is 0 Å². The van der Waals surface area contributed by atoms with E-state index in [2.05, 4.69) is 17.1 Å². The van der Waals surface area contributed by atoms with Gasteiger partial charge in [-0.2, -0.15) is 0 Å². The van der Waals surface area contributed by atoms with Crippen LogP contribution in [-0.4, -0.2) is 42.5 Å². The maximum Gasteiger partial charge on any atom is 0.238 e. The summed E-state index contributed by atoms with van der Waals surface area (Å²) in [4.78, 5) is 13.7. The maximum atomic E-state index is 11.6. The van der Waals surface area contributed by atoms with Crippen molar-refractivity contribution in [3.8, 4) is 0 Å². The third-order valence-electron chi connectivity index (χ3n) is 2.88. The highest BCUT2D eigenvalue weighted by atomic mass is 16.1. The molecule has 102 valence electrons. The van der Waals surface area contributed by atoms with Crippen molar-refractivity contribution < 1.29 is 4.79 Å². The van der Waals surface area contributed by atoms with E-state index in [0.29, 0.717) is 6.54 Å². The second-order valence-corrected chi connectivity index (χ2v) is 5.44. The molecule has 4 heteroatoms. The minimum Gasteiger partial charge on any atom is -0.368 e. The van der Waals surface area contributed by atoms with E-state index in [9.17, 15) is 4.79 Å². The van der Waals surface area contributed by atoms with Crippen molar-refractivity contribution in [3.63, 3.8) is 0 Å². The van der Waals surface area contributed by atoms with Crippen LogP contribution in [-0.2, 0) is 4.79 Å². The van der Waals surface area contributed by atoms with Crippen molar-refractivity contribution in [2.75, 3.05) is 20.1 Å². The first-order valence-corrected chi connectivity index (χ1v) is 6.58. The topological polar surface area (TPSA) is 58.4 Å². The van der Waals surface area contributed by atoms with E-state index < -0.39 is 5.54 Å². The molecule has 0 fully saturated rings. The van der Waals surface area contributed by atoms with Crippen LogP contribution in [0.25, 0.3) is 0 Å². The summed E-state index contributed by atoms with van der Waals surface area (Å²) in [6.07, 6.45) is 3.62. The van der Waals surface area contributed by atoms with Crippen LogP contribution in [0.1, 0.15) is 47.0 Å². The van der Waals surface area contributed by atoms with Crippen LogP contribution >= 0.6 is 0 Å². The van der Waals surface area contributed by atoms with Crippen LogP contribution in [0.2, 0.25) is 0 Å². The number of hydrogen-bond donors (Lipinski definition) is 2. The standard InChI is InChI=1S/C13H29N3O/c1-6-7-8-9-16(5)10-13(4,12(14)17)15-11(2)3/h11,15H,6-10H2,1-5H3,(H2,14,17). The van der Waals surface area contributed by atoms with Gasteiger partial charge in [0.1, 0.15) is 5.54 Å². The number of amides is 1. The molecule has 4 nitrogen and oxygen atoms in total. The first kappa shape index (κ1) is 16.4. The Bertz CT molecular complexity index is 231. The lowest BCUT2D eigenvalue weighted by Crippen LogP contribution is -2.60. The molecule has 0 aliphatic rings. The molecule has 1 amide bonds. The van der Waals surface area contributed by atoms with E-state index in [0.717, 1.165) is 6.54 Å². The Hall–Kier alpha value is -0.610. The van der Waals surface area contributed by atoms with Crippen LogP contribution in [0.4, 0.5) is 0 Å². The van der Waals surface area contributed by atoms with Gasteiger partial charge < -0.3 is 16.0 Å². The smallest absolute Gasteiger partial charge is 0.238 e. The molecule has 0 aliphatic heterocycles. The average molecular weight is 243 g/mol. The zero-order valence-corrected chi connectivity index (χ0v) is 12.0. The van der Waals surface area contributed by atoms with Crippen LogP contribution < -0.4 is 11.1 Å². The highest BCUT2D eigenvalue weighted by Crippen LogP contribution is 2.08. The predicted octanol–water partition coefficient (Wildman–Crippen LogP) is 1.35. The Kier molecular flexibility index (Phi) is 7.39. The first-order valence-electron chi connectivity index (χ1n) is 6.58. The number of unbranched alkanes of at least 4 members (excludes halogenated alkanes) is 2. The molecule has 0 saturated heterocycles. The Morgan fingerprint density at radius 2 is 2.00 bits per heavy atom. The molecule has 0 aromatic carbocycles. The summed E-state index contributed by atoms with van der Waals surface area (Å²) >= 11 is 0. The van der Waals surface area contributed by atoms with Gasteiger partial charge in [0.05, 0.1) is 0 Å². The second-order valence-electron chi connectivity index (χ2n) is 5.44. The number of likely N-dealkylation sites (N-methyl/N-ethyl adjacent to an activating group) is 1. The number of primary amides is 1. The summed E-state index contributed by atoms with van der Waals surface area (Å²) in [6, 6.07) is 0.247. The van der Waals surface area contributed by atoms with Gasteiger partial charge in [-0.15, -0.1) is 0 Å². The summed E-state index contributed by atoms with van der Waals surface area (Å²) in [7, 11) is 2.04. The molecule has 0 spiro atoms. The molecule has 0 aromatic rings. The molecule has 0 radical (unpaired) electrons. The van der Waals surface area contributed by atoms with Crippen LogP contribution in [0.3, 0.4) is 0 Å². The van der Waals surface area contributed by atoms with Gasteiger partial charge in [0.2, 0.25) is 5.91 Å². The lowest BCUT2D eigenvalue weighted by molar-refractivity contribution is -0.124. The van der Waals surface area contributed by atoms with Gasteiger partial charge in [0, 0.05) is 12.6 Å². The highest BCUT2D eigenvalue weighted by molar-refractivity contribution is 5.84. The first-order chi connectivity index (χ1) is 7.81. The summed E-state index contributed by atoms with van der Waals surface area (Å²) in [5.41, 5.74) is 4.85. The lowest BCUT2D eigenvalue weighted by Gasteiger charge is -2.33. The zero-order chi connectivity index (χ0) is 13.5. The number of nitrogens with two attached hydrogens (primary N) is 1. The van der Waals surface area contributed by atoms with Crippen molar-refractivity contribution in [2.45, 2.75) is 58.5 Å². The van der Waals surface area contributed by atoms with Gasteiger partial charge in [-0.1, -0.05) is 19.8 Å². The third-order valence-corrected chi connectivity index (χ3v) is 2.88. The molecule has 1 unspecified atom stereocenters. The van der Waals surface area contributed by atoms with E-state index in [1.807, 2.05) is 27.8 Å². The Balaban J connectivity index is 4.28. The fourth-order valence-corrected chi connectivity index (χ4v) is 2.08. The van der Waals surface area contributed by atoms with Crippen molar-refractivity contribution in [3.05, 3.63) is 0 Å². The molecule has 3 N–H and O–H groups in total. The minimum absolute atomic E-state index is 0.247. The lowest BCUT2D eigenvalue weighted by atomic mass is 9.99. The van der Waals surface area contributed by atoms with Crippen molar-refractivity contribution >= 4 is 5.91 Å². The molecule has 0 bridgehead atoms. The fraction of sp³-hybridized carbons (Fsp3) is 0.923. The quantitative estimate of drug-likeness (QED) is 0.601. The molecule has 0 saturated carbocycles. The Morgan fingerprint density at radius 1 is 1.41 bits per heavy atom. The van der Waals surface area contributed by atoms with Crippen molar-refractivity contribution in [1.29, 1.82) is 0 Å². The average Bonchev–Trinajstić information content (AvgIpc) is 2.16. The van der Waals surface area contributed by atoms with E-state index in [-0.39, 0.29) is 11.9 Å². The monoisotopic (exact) mass is 243 g/mol. The number of carbonyl (C=O) groups excluding carboxylic acids is 1. The largest absolute Gasteiger partial charge is 0.368 e. The molecule has 0 heterocycles. The number of nitrogens with zero attached hydrogens (tertiary/aromatic N) is 1. The van der Waals surface area contributed by atoms with Gasteiger partial charge in [0.15, 0.2) is 0 Å². The molecule has 17 heavy (non-hydrogen) atoms. The molecule has 1 atom stereocenters. The summed E-state index contributed by atoms with van der Waals surface area (Å²) in [6.45, 7) is 9.79. The molecular formula is C13H29N3O. The molecule has 0 aliphatic carbocycles. The number of hydrogen-bond acceptors (Lipinski definition) is 3. The SMILES string of the molecule is CCCCCN(C)CC(C)(NC(C)C)C(N)=O. The Morgan fingerprint density at radius 3 is 2.41 bits per heavy atom. The summed E-state index contributed by atoms with van der Waals surface area (Å²) in [5, 5.41) is 3.26. The van der Waals surface area contributed by atoms with Gasteiger partial charge in [-0.3, -0.25) is 4.79 Å². The van der Waals surface area contributed by atoms with Crippen LogP contribution in [0, 0.1) is 0 Å². The van der Waals surface area contributed by atoms with Gasteiger partial charge in [0.25, 0.3) is 0 Å². The van der Waals surface area contributed by atoms with Crippen molar-refractivity contribution in [2.24, 2.45) is 5.73 Å². The molecule has 0 rings (SSSR count).